The monoisotopic (exact) mass is 260 g/mol. The van der Waals surface area contributed by atoms with Crippen molar-refractivity contribution in [3.63, 3.8) is 0 Å². The van der Waals surface area contributed by atoms with E-state index in [0.29, 0.717) is 11.2 Å². The van der Waals surface area contributed by atoms with Crippen LogP contribution in [0.3, 0.4) is 0 Å². The van der Waals surface area contributed by atoms with Crippen LogP contribution in [-0.2, 0) is 0 Å². The van der Waals surface area contributed by atoms with Crippen LogP contribution < -0.4 is 4.74 Å². The highest BCUT2D eigenvalue weighted by molar-refractivity contribution is 5.77. The molecular weight excluding hydrogens is 251 g/mol. The number of hydrogen-bond donors (Lipinski definition) is 1. The Hall–Kier alpha value is -2.70. The molecular formula is C12H9FN4O2. The molecule has 0 bridgehead atoms. The largest absolute Gasteiger partial charge is 0.493 e. The first-order chi connectivity index (χ1) is 9.20. The van der Waals surface area contributed by atoms with Crippen molar-refractivity contribution in [3.05, 3.63) is 36.5 Å². The summed E-state index contributed by atoms with van der Waals surface area (Å²) in [4.78, 5) is 8.03. The fourth-order valence-corrected chi connectivity index (χ4v) is 1.79. The smallest absolute Gasteiger partial charge is 0.215 e. The second kappa shape index (κ2) is 4.20. The highest BCUT2D eigenvalue weighted by Gasteiger charge is 2.14. The first-order valence-electron chi connectivity index (χ1n) is 5.42. The van der Waals surface area contributed by atoms with Crippen molar-refractivity contribution in [2.45, 2.75) is 0 Å². The molecule has 3 aromatic heterocycles. The molecule has 0 fully saturated rings. The Morgan fingerprint density at radius 3 is 2.84 bits per heavy atom. The first kappa shape index (κ1) is 11.4. The van der Waals surface area contributed by atoms with Gasteiger partial charge in [-0.05, 0) is 0 Å². The number of halogens is 1. The number of rotatable bonds is 2. The number of pyridine rings is 1. The summed E-state index contributed by atoms with van der Waals surface area (Å²) in [6, 6.07) is 2.58. The van der Waals surface area contributed by atoms with Gasteiger partial charge < -0.3 is 9.84 Å². The minimum atomic E-state index is -0.494. The van der Waals surface area contributed by atoms with Gasteiger partial charge in [0.25, 0.3) is 0 Å². The molecule has 0 saturated carbocycles. The Morgan fingerprint density at radius 1 is 1.26 bits per heavy atom. The Bertz CT molecular complexity index is 757. The van der Waals surface area contributed by atoms with Gasteiger partial charge in [0.15, 0.2) is 5.65 Å². The molecule has 1 N–H and O–H groups in total. The Kier molecular flexibility index (Phi) is 2.52. The summed E-state index contributed by atoms with van der Waals surface area (Å²) in [5, 5.41) is 13.6. The highest BCUT2D eigenvalue weighted by Crippen LogP contribution is 2.28. The fraction of sp³-hybridized carbons (Fsp3) is 0.0833. The zero-order chi connectivity index (χ0) is 13.4. The molecule has 0 saturated heterocycles. The first-order valence-corrected chi connectivity index (χ1v) is 5.42. The lowest BCUT2D eigenvalue weighted by atomic mass is 10.1. The number of aromatic hydroxyl groups is 1. The van der Waals surface area contributed by atoms with Crippen LogP contribution >= 0.6 is 0 Å². The van der Waals surface area contributed by atoms with Crippen molar-refractivity contribution in [1.82, 2.24) is 19.6 Å². The number of fused-ring (bicyclic) bond motifs is 1. The lowest BCUT2D eigenvalue weighted by Gasteiger charge is -2.03. The summed E-state index contributed by atoms with van der Waals surface area (Å²) >= 11 is 0. The van der Waals surface area contributed by atoms with E-state index in [4.69, 9.17) is 4.74 Å². The molecule has 0 aliphatic carbocycles. The molecule has 0 amide bonds. The van der Waals surface area contributed by atoms with Crippen LogP contribution in [0, 0.1) is 5.82 Å². The van der Waals surface area contributed by atoms with Crippen LogP contribution in [0.25, 0.3) is 16.8 Å². The summed E-state index contributed by atoms with van der Waals surface area (Å²) in [5.41, 5.74) is 1.04. The van der Waals surface area contributed by atoms with E-state index in [1.807, 2.05) is 0 Å². The molecule has 0 aliphatic heterocycles. The van der Waals surface area contributed by atoms with E-state index in [9.17, 15) is 9.50 Å². The third-order valence-corrected chi connectivity index (χ3v) is 2.71. The van der Waals surface area contributed by atoms with E-state index in [2.05, 4.69) is 15.1 Å². The minimum absolute atomic E-state index is 0.0712. The second-order valence-electron chi connectivity index (χ2n) is 3.80. The summed E-state index contributed by atoms with van der Waals surface area (Å²) in [6.45, 7) is 0. The van der Waals surface area contributed by atoms with Crippen LogP contribution in [0.15, 0.2) is 30.7 Å². The van der Waals surface area contributed by atoms with Gasteiger partial charge in [-0.25, -0.2) is 14.4 Å². The van der Waals surface area contributed by atoms with E-state index < -0.39 is 5.82 Å². The molecule has 6 nitrogen and oxygen atoms in total. The third-order valence-electron chi connectivity index (χ3n) is 2.71. The quantitative estimate of drug-likeness (QED) is 0.758. The number of nitrogens with zero attached hydrogens (tertiary/aromatic N) is 4. The lowest BCUT2D eigenvalue weighted by molar-refractivity contribution is 0.394. The van der Waals surface area contributed by atoms with Crippen molar-refractivity contribution < 1.29 is 14.2 Å². The van der Waals surface area contributed by atoms with Gasteiger partial charge in [-0.1, -0.05) is 0 Å². The van der Waals surface area contributed by atoms with Gasteiger partial charge in [-0.2, -0.15) is 9.61 Å². The van der Waals surface area contributed by atoms with Crippen molar-refractivity contribution >= 4 is 5.65 Å². The van der Waals surface area contributed by atoms with Gasteiger partial charge in [-0.3, -0.25) is 0 Å². The predicted molar refractivity (Wildman–Crippen MR) is 64.4 cm³/mol. The van der Waals surface area contributed by atoms with Gasteiger partial charge in [0.1, 0.15) is 5.82 Å². The molecule has 0 unspecified atom stereocenters. The fourth-order valence-electron chi connectivity index (χ4n) is 1.79. The summed E-state index contributed by atoms with van der Waals surface area (Å²) in [7, 11) is 1.41. The molecule has 96 valence electrons. The van der Waals surface area contributed by atoms with Gasteiger partial charge in [0.05, 0.1) is 18.9 Å². The van der Waals surface area contributed by atoms with Crippen molar-refractivity contribution in [2.24, 2.45) is 0 Å². The maximum absolute atomic E-state index is 14.0. The topological polar surface area (TPSA) is 72.5 Å². The molecule has 3 aromatic rings. The second-order valence-corrected chi connectivity index (χ2v) is 3.80. The molecule has 3 rings (SSSR count). The van der Waals surface area contributed by atoms with E-state index in [1.165, 1.54) is 42.3 Å². The van der Waals surface area contributed by atoms with E-state index in [1.54, 1.807) is 0 Å². The van der Waals surface area contributed by atoms with Crippen LogP contribution in [0.5, 0.6) is 11.8 Å². The number of methoxy groups -OCH3 is 1. The average Bonchev–Trinajstić information content (AvgIpc) is 2.84. The van der Waals surface area contributed by atoms with Gasteiger partial charge in [0.2, 0.25) is 11.8 Å². The van der Waals surface area contributed by atoms with Crippen molar-refractivity contribution in [1.29, 1.82) is 0 Å². The standard InChI is InChI=1S/C12H9FN4O2/c1-19-10-4-9(13)7(5-15-10)8-6-16-17-11(18)2-3-14-12(8)17/h2-6,18H,1H3. The number of hydrogen-bond acceptors (Lipinski definition) is 5. The molecule has 0 atom stereocenters. The predicted octanol–water partition coefficient (Wildman–Crippen LogP) is 1.64. The summed E-state index contributed by atoms with van der Waals surface area (Å²) in [5.74, 6) is -0.376. The van der Waals surface area contributed by atoms with Gasteiger partial charge >= 0.3 is 0 Å². The lowest BCUT2D eigenvalue weighted by Crippen LogP contribution is -1.93. The van der Waals surface area contributed by atoms with Crippen LogP contribution in [0.2, 0.25) is 0 Å². The van der Waals surface area contributed by atoms with Crippen molar-refractivity contribution in [3.8, 4) is 22.9 Å². The zero-order valence-electron chi connectivity index (χ0n) is 9.91. The van der Waals surface area contributed by atoms with Crippen LogP contribution in [-0.4, -0.2) is 31.8 Å². The summed E-state index contributed by atoms with van der Waals surface area (Å²) < 4.78 is 20.0. The molecule has 3 heterocycles. The third kappa shape index (κ3) is 1.75. The molecule has 0 aliphatic rings. The Morgan fingerprint density at radius 2 is 2.11 bits per heavy atom. The number of ether oxygens (including phenoxy) is 1. The normalized spacial score (nSPS) is 10.8. The van der Waals surface area contributed by atoms with Gasteiger partial charge in [0, 0.05) is 30.1 Å². The molecule has 0 aromatic carbocycles. The van der Waals surface area contributed by atoms with E-state index >= 15 is 0 Å². The SMILES string of the molecule is COc1cc(F)c(-c2cnn3c(O)ccnc23)cn1. The molecule has 19 heavy (non-hydrogen) atoms. The molecule has 0 radical (unpaired) electrons. The van der Waals surface area contributed by atoms with Gasteiger partial charge in [-0.15, -0.1) is 0 Å². The Labute approximate surface area is 107 Å². The number of aromatic nitrogens is 4. The highest BCUT2D eigenvalue weighted by atomic mass is 19.1. The van der Waals surface area contributed by atoms with Crippen LogP contribution in [0.1, 0.15) is 0 Å². The maximum Gasteiger partial charge on any atom is 0.215 e. The van der Waals surface area contributed by atoms with Crippen LogP contribution in [0.4, 0.5) is 4.39 Å². The molecule has 7 heteroatoms. The zero-order valence-corrected chi connectivity index (χ0v) is 9.91. The summed E-state index contributed by atoms with van der Waals surface area (Å²) in [6.07, 6.45) is 4.19. The van der Waals surface area contributed by atoms with E-state index in [-0.39, 0.29) is 17.3 Å². The maximum atomic E-state index is 14.0. The van der Waals surface area contributed by atoms with E-state index in [0.717, 1.165) is 0 Å². The van der Waals surface area contributed by atoms with Crippen molar-refractivity contribution in [2.75, 3.05) is 7.11 Å². The molecule has 0 spiro atoms. The average molecular weight is 260 g/mol. The Balaban J connectivity index is 2.22. The minimum Gasteiger partial charge on any atom is -0.493 e.